The standard InChI is InChI=1S/C15H23N3O2/c1-3-18(8-11(2)15(16)17-19)9-12-10-20-14-7-5-4-6-13(12)14/h4-7,11-12,19H,3,8-10H2,1-2H3,(H2,16,17). The Morgan fingerprint density at radius 2 is 2.30 bits per heavy atom. The lowest BCUT2D eigenvalue weighted by Gasteiger charge is -2.26. The number of nitrogens with zero attached hydrogens (tertiary/aromatic N) is 2. The number of benzene rings is 1. The second kappa shape index (κ2) is 6.61. The van der Waals surface area contributed by atoms with Crippen molar-refractivity contribution < 1.29 is 9.94 Å². The predicted molar refractivity (Wildman–Crippen MR) is 79.4 cm³/mol. The van der Waals surface area contributed by atoms with Crippen LogP contribution in [0, 0.1) is 5.92 Å². The van der Waals surface area contributed by atoms with E-state index in [9.17, 15) is 0 Å². The maximum atomic E-state index is 8.73. The van der Waals surface area contributed by atoms with Crippen molar-refractivity contribution in [3.8, 4) is 5.75 Å². The number of amidine groups is 1. The average Bonchev–Trinajstić information content (AvgIpc) is 2.88. The predicted octanol–water partition coefficient (Wildman–Crippen LogP) is 1.87. The molecule has 0 amide bonds. The summed E-state index contributed by atoms with van der Waals surface area (Å²) < 4.78 is 5.71. The third kappa shape index (κ3) is 3.22. The van der Waals surface area contributed by atoms with Crippen LogP contribution in [0.5, 0.6) is 5.75 Å². The van der Waals surface area contributed by atoms with Crippen molar-refractivity contribution in [1.29, 1.82) is 0 Å². The molecule has 0 aromatic heterocycles. The van der Waals surface area contributed by atoms with Gasteiger partial charge in [0.25, 0.3) is 0 Å². The molecule has 0 saturated heterocycles. The molecule has 2 rings (SSSR count). The summed E-state index contributed by atoms with van der Waals surface area (Å²) in [5.41, 5.74) is 6.93. The second-order valence-corrected chi connectivity index (χ2v) is 5.32. The number of oxime groups is 1. The molecule has 0 spiro atoms. The molecule has 0 radical (unpaired) electrons. The van der Waals surface area contributed by atoms with E-state index in [1.807, 2.05) is 19.1 Å². The molecule has 1 aliphatic heterocycles. The van der Waals surface area contributed by atoms with Gasteiger partial charge in [-0.15, -0.1) is 0 Å². The Morgan fingerprint density at radius 1 is 1.55 bits per heavy atom. The topological polar surface area (TPSA) is 71.1 Å². The van der Waals surface area contributed by atoms with E-state index in [0.29, 0.717) is 5.92 Å². The van der Waals surface area contributed by atoms with Crippen LogP contribution in [0.2, 0.25) is 0 Å². The van der Waals surface area contributed by atoms with Crippen molar-refractivity contribution >= 4 is 5.84 Å². The molecule has 1 heterocycles. The Hall–Kier alpha value is -1.75. The van der Waals surface area contributed by atoms with Crippen molar-refractivity contribution in [2.75, 3.05) is 26.2 Å². The lowest BCUT2D eigenvalue weighted by molar-refractivity contribution is 0.229. The molecule has 0 aliphatic carbocycles. The molecule has 110 valence electrons. The van der Waals surface area contributed by atoms with E-state index in [2.05, 4.69) is 29.1 Å². The molecular weight excluding hydrogens is 254 g/mol. The van der Waals surface area contributed by atoms with E-state index in [1.165, 1.54) is 5.56 Å². The summed E-state index contributed by atoms with van der Waals surface area (Å²) in [6, 6.07) is 8.20. The van der Waals surface area contributed by atoms with Gasteiger partial charge in [0.05, 0.1) is 6.61 Å². The van der Waals surface area contributed by atoms with Crippen LogP contribution in [-0.2, 0) is 0 Å². The minimum Gasteiger partial charge on any atom is -0.493 e. The van der Waals surface area contributed by atoms with Crippen LogP contribution < -0.4 is 10.5 Å². The minimum atomic E-state index is 0.0394. The molecule has 1 aliphatic rings. The summed E-state index contributed by atoms with van der Waals surface area (Å²) in [5, 5.41) is 11.8. The lowest BCUT2D eigenvalue weighted by Crippen LogP contribution is -2.37. The number of ether oxygens (including phenoxy) is 1. The first-order valence-electron chi connectivity index (χ1n) is 7.07. The summed E-state index contributed by atoms with van der Waals surface area (Å²) in [6.07, 6.45) is 0. The molecule has 2 unspecified atom stereocenters. The smallest absolute Gasteiger partial charge is 0.143 e. The van der Waals surface area contributed by atoms with Gasteiger partial charge in [-0.3, -0.25) is 0 Å². The van der Waals surface area contributed by atoms with E-state index in [0.717, 1.165) is 32.0 Å². The van der Waals surface area contributed by atoms with Crippen LogP contribution in [0.1, 0.15) is 25.3 Å². The van der Waals surface area contributed by atoms with Crippen LogP contribution in [0.4, 0.5) is 0 Å². The Bertz CT molecular complexity index is 476. The summed E-state index contributed by atoms with van der Waals surface area (Å²) in [5.74, 6) is 1.72. The molecule has 1 aromatic rings. The number of nitrogens with two attached hydrogens (primary N) is 1. The van der Waals surface area contributed by atoms with Crippen molar-refractivity contribution in [3.63, 3.8) is 0 Å². The maximum Gasteiger partial charge on any atom is 0.143 e. The zero-order valence-electron chi connectivity index (χ0n) is 12.1. The monoisotopic (exact) mass is 277 g/mol. The van der Waals surface area contributed by atoms with Gasteiger partial charge in [-0.2, -0.15) is 0 Å². The first kappa shape index (κ1) is 14.7. The molecule has 5 nitrogen and oxygen atoms in total. The summed E-state index contributed by atoms with van der Waals surface area (Å²) >= 11 is 0. The highest BCUT2D eigenvalue weighted by Gasteiger charge is 2.26. The molecule has 0 fully saturated rings. The van der Waals surface area contributed by atoms with Crippen LogP contribution in [-0.4, -0.2) is 42.2 Å². The van der Waals surface area contributed by atoms with E-state index >= 15 is 0 Å². The average molecular weight is 277 g/mol. The third-order valence-corrected chi connectivity index (χ3v) is 3.88. The molecule has 2 atom stereocenters. The van der Waals surface area contributed by atoms with E-state index in [1.54, 1.807) is 0 Å². The zero-order valence-corrected chi connectivity index (χ0v) is 12.1. The van der Waals surface area contributed by atoms with Gasteiger partial charge in [-0.25, -0.2) is 0 Å². The Balaban J connectivity index is 1.98. The fourth-order valence-electron chi connectivity index (χ4n) is 2.60. The number of hydrogen-bond acceptors (Lipinski definition) is 4. The van der Waals surface area contributed by atoms with Gasteiger partial charge in [0.1, 0.15) is 11.6 Å². The highest BCUT2D eigenvalue weighted by Crippen LogP contribution is 2.33. The first-order chi connectivity index (χ1) is 9.65. The summed E-state index contributed by atoms with van der Waals surface area (Å²) in [7, 11) is 0. The summed E-state index contributed by atoms with van der Waals surface area (Å²) in [4.78, 5) is 2.32. The van der Waals surface area contributed by atoms with Crippen LogP contribution in [0.25, 0.3) is 0 Å². The van der Waals surface area contributed by atoms with Gasteiger partial charge in [0.2, 0.25) is 0 Å². The minimum absolute atomic E-state index is 0.0394. The van der Waals surface area contributed by atoms with Crippen molar-refractivity contribution in [2.45, 2.75) is 19.8 Å². The Kier molecular flexibility index (Phi) is 4.84. The number of para-hydroxylation sites is 1. The van der Waals surface area contributed by atoms with Gasteiger partial charge < -0.3 is 20.6 Å². The Morgan fingerprint density at radius 3 is 3.00 bits per heavy atom. The molecule has 3 N–H and O–H groups in total. The van der Waals surface area contributed by atoms with Gasteiger partial charge in [-0.1, -0.05) is 37.2 Å². The van der Waals surface area contributed by atoms with Gasteiger partial charge in [0.15, 0.2) is 0 Å². The maximum absolute atomic E-state index is 8.73. The molecular formula is C15H23N3O2. The number of hydrogen-bond donors (Lipinski definition) is 2. The largest absolute Gasteiger partial charge is 0.493 e. The molecule has 0 saturated carbocycles. The molecule has 0 bridgehead atoms. The van der Waals surface area contributed by atoms with Crippen molar-refractivity contribution in [3.05, 3.63) is 29.8 Å². The fourth-order valence-corrected chi connectivity index (χ4v) is 2.60. The second-order valence-electron chi connectivity index (χ2n) is 5.32. The first-order valence-corrected chi connectivity index (χ1v) is 7.07. The fraction of sp³-hybridized carbons (Fsp3) is 0.533. The molecule has 1 aromatic carbocycles. The quantitative estimate of drug-likeness (QED) is 0.360. The number of likely N-dealkylation sites (N-methyl/N-ethyl adjacent to an activating group) is 1. The van der Waals surface area contributed by atoms with E-state index in [4.69, 9.17) is 15.7 Å². The molecule has 20 heavy (non-hydrogen) atoms. The van der Waals surface area contributed by atoms with Crippen molar-refractivity contribution in [1.82, 2.24) is 4.90 Å². The Labute approximate surface area is 120 Å². The van der Waals surface area contributed by atoms with Gasteiger partial charge in [0, 0.05) is 30.5 Å². The van der Waals surface area contributed by atoms with Gasteiger partial charge >= 0.3 is 0 Å². The SMILES string of the molecule is CCN(CC(C)C(N)=NO)CC1COc2ccccc21. The summed E-state index contributed by atoms with van der Waals surface area (Å²) in [6.45, 7) is 7.47. The van der Waals surface area contributed by atoms with Crippen LogP contribution >= 0.6 is 0 Å². The number of rotatable bonds is 6. The normalized spacial score (nSPS) is 19.8. The van der Waals surface area contributed by atoms with E-state index in [-0.39, 0.29) is 11.8 Å². The van der Waals surface area contributed by atoms with E-state index < -0.39 is 0 Å². The van der Waals surface area contributed by atoms with Crippen molar-refractivity contribution in [2.24, 2.45) is 16.8 Å². The molecule has 5 heteroatoms. The lowest BCUT2D eigenvalue weighted by atomic mass is 10.00. The number of fused-ring (bicyclic) bond motifs is 1. The van der Waals surface area contributed by atoms with Crippen LogP contribution in [0.3, 0.4) is 0 Å². The highest BCUT2D eigenvalue weighted by atomic mass is 16.5. The third-order valence-electron chi connectivity index (χ3n) is 3.88. The highest BCUT2D eigenvalue weighted by molar-refractivity contribution is 5.82. The van der Waals surface area contributed by atoms with Gasteiger partial charge in [-0.05, 0) is 12.6 Å². The van der Waals surface area contributed by atoms with Crippen LogP contribution in [0.15, 0.2) is 29.4 Å². The zero-order chi connectivity index (χ0) is 14.5.